The number of nitrogens with zero attached hydrogens (tertiary/aromatic N) is 5. The van der Waals surface area contributed by atoms with Gasteiger partial charge in [0.05, 0.1) is 12.3 Å². The van der Waals surface area contributed by atoms with Crippen molar-refractivity contribution < 1.29 is 32.2 Å². The van der Waals surface area contributed by atoms with Crippen LogP contribution in [0.2, 0.25) is 0 Å². The van der Waals surface area contributed by atoms with E-state index >= 15 is 8.63 Å². The first-order chi connectivity index (χ1) is 20.7. The number of carbonyl (C=O) groups is 2. The van der Waals surface area contributed by atoms with Crippen molar-refractivity contribution in [3.05, 3.63) is 52.8 Å². The smallest absolute Gasteiger partial charge is 0.394 e. The third-order valence-corrected chi connectivity index (χ3v) is 8.31. The maximum Gasteiger partial charge on any atom is 0.737 e. The average molecular weight is 614 g/mol. The van der Waals surface area contributed by atoms with E-state index in [1.807, 2.05) is 33.0 Å². The standard InChI is InChI=1S/C30H42BF2N7O4/c1-20-16-21(2)39-25(20)17-24-10-9-23(40(24)31(39,32)33)8-7-15-38-18-22(36-37-38)11-13-34-26(41)12-14-35-28(42)27-29(3,4)19-43-30(5,6)44-27/h9-10,16-18,27H,7-8,11-15,19H2,1-6H3,(H,34,41)(H,35,42). The van der Waals surface area contributed by atoms with Gasteiger partial charge in [0.2, 0.25) is 11.8 Å². The minimum absolute atomic E-state index is 0.137. The van der Waals surface area contributed by atoms with Gasteiger partial charge in [0, 0.05) is 74.4 Å². The Hall–Kier alpha value is -3.65. The van der Waals surface area contributed by atoms with Crippen LogP contribution in [0.4, 0.5) is 8.63 Å². The van der Waals surface area contributed by atoms with Crippen molar-refractivity contribution in [1.82, 2.24) is 30.1 Å². The van der Waals surface area contributed by atoms with Crippen LogP contribution in [0.5, 0.6) is 0 Å². The molecule has 1 atom stereocenters. The van der Waals surface area contributed by atoms with E-state index in [-0.39, 0.29) is 24.8 Å². The van der Waals surface area contributed by atoms with Crippen LogP contribution in [-0.4, -0.2) is 80.0 Å². The Labute approximate surface area is 256 Å². The molecular weight excluding hydrogens is 571 g/mol. The molecule has 2 amide bonds. The van der Waals surface area contributed by atoms with Crippen LogP contribution in [0.25, 0.3) is 6.08 Å². The minimum atomic E-state index is -3.97. The molecule has 2 aromatic heterocycles. The van der Waals surface area contributed by atoms with Gasteiger partial charge in [-0.05, 0) is 51.4 Å². The highest BCUT2D eigenvalue weighted by molar-refractivity contribution is 6.58. The quantitative estimate of drug-likeness (QED) is 0.377. The molecule has 1 fully saturated rings. The molecule has 0 bridgehead atoms. The van der Waals surface area contributed by atoms with Crippen LogP contribution in [0.3, 0.4) is 0 Å². The molecule has 0 aliphatic carbocycles. The SMILES string of the molecule is Cc1cc(C)n2c1C=C1C=CC(CCCn3cc(CCNC(=O)CCNC(=O)C4OC(C)(C)OCC4(C)C)nn3)=[N+]1[B-]2(F)F. The van der Waals surface area contributed by atoms with E-state index in [1.165, 1.54) is 4.49 Å². The van der Waals surface area contributed by atoms with Crippen molar-refractivity contribution in [2.75, 3.05) is 19.7 Å². The second-order valence-corrected chi connectivity index (χ2v) is 13.0. The summed E-state index contributed by atoms with van der Waals surface area (Å²) in [6.45, 7) is 8.45. The highest BCUT2D eigenvalue weighted by Gasteiger charge is 2.52. The molecule has 2 N–H and O–H groups in total. The molecule has 2 aromatic rings. The van der Waals surface area contributed by atoms with Gasteiger partial charge in [0.1, 0.15) is 11.8 Å². The topological polar surface area (TPSA) is 115 Å². The molecular formula is C30H42BF2N7O4. The van der Waals surface area contributed by atoms with Gasteiger partial charge >= 0.3 is 6.97 Å². The van der Waals surface area contributed by atoms with Gasteiger partial charge in [-0.1, -0.05) is 19.1 Å². The number of aromatic nitrogens is 4. The number of amides is 2. The largest absolute Gasteiger partial charge is 0.737 e. The van der Waals surface area contributed by atoms with Gasteiger partial charge in [-0.25, -0.2) is 0 Å². The summed E-state index contributed by atoms with van der Waals surface area (Å²) < 4.78 is 46.7. The highest BCUT2D eigenvalue weighted by atomic mass is 19.2. The maximum absolute atomic E-state index is 15.6. The number of fused-ring (bicyclic) bond motifs is 2. The van der Waals surface area contributed by atoms with Crippen LogP contribution in [0.15, 0.2) is 30.1 Å². The number of allylic oxidation sites excluding steroid dienone is 2. The van der Waals surface area contributed by atoms with Gasteiger partial charge in [-0.2, -0.15) is 0 Å². The van der Waals surface area contributed by atoms with Gasteiger partial charge in [0.15, 0.2) is 11.5 Å². The first-order valence-corrected chi connectivity index (χ1v) is 15.2. The lowest BCUT2D eigenvalue weighted by Gasteiger charge is -2.44. The Morgan fingerprint density at radius 3 is 2.68 bits per heavy atom. The summed E-state index contributed by atoms with van der Waals surface area (Å²) in [5.74, 6) is -1.29. The van der Waals surface area contributed by atoms with Crippen LogP contribution >= 0.6 is 0 Å². The van der Waals surface area contributed by atoms with E-state index < -0.39 is 24.3 Å². The summed E-state index contributed by atoms with van der Waals surface area (Å²) in [4.78, 5) is 25.0. The number of hydrogen-bond acceptors (Lipinski definition) is 6. The average Bonchev–Trinajstić information content (AvgIpc) is 3.64. The van der Waals surface area contributed by atoms with Gasteiger partial charge < -0.3 is 37.7 Å². The van der Waals surface area contributed by atoms with E-state index in [0.717, 1.165) is 15.7 Å². The monoisotopic (exact) mass is 613 g/mol. The highest BCUT2D eigenvalue weighted by Crippen LogP contribution is 2.36. The van der Waals surface area contributed by atoms with E-state index in [0.29, 0.717) is 61.8 Å². The van der Waals surface area contributed by atoms with Crippen LogP contribution in [-0.2, 0) is 32.0 Å². The molecule has 3 aliphatic heterocycles. The van der Waals surface area contributed by atoms with Crippen molar-refractivity contribution in [1.29, 1.82) is 0 Å². The molecule has 0 radical (unpaired) electrons. The number of nitrogens with one attached hydrogen (secondary N) is 2. The second kappa shape index (κ2) is 12.0. The van der Waals surface area contributed by atoms with Crippen molar-refractivity contribution >= 4 is 30.6 Å². The molecule has 44 heavy (non-hydrogen) atoms. The molecule has 3 aliphatic rings. The van der Waals surface area contributed by atoms with Crippen molar-refractivity contribution in [3.63, 3.8) is 0 Å². The Morgan fingerprint density at radius 2 is 1.91 bits per heavy atom. The predicted octanol–water partition coefficient (Wildman–Crippen LogP) is 3.12. The summed E-state index contributed by atoms with van der Waals surface area (Å²) in [6.07, 6.45) is 8.21. The van der Waals surface area contributed by atoms with Gasteiger partial charge in [0.25, 0.3) is 0 Å². The molecule has 1 unspecified atom stereocenters. The zero-order valence-corrected chi connectivity index (χ0v) is 26.3. The Bertz CT molecular complexity index is 1540. The number of hydrogen-bond donors (Lipinski definition) is 2. The van der Waals surface area contributed by atoms with Crippen molar-refractivity contribution in [2.24, 2.45) is 5.41 Å². The molecule has 1 saturated heterocycles. The summed E-state index contributed by atoms with van der Waals surface area (Å²) >= 11 is 0. The molecule has 5 rings (SSSR count). The summed E-state index contributed by atoms with van der Waals surface area (Å²) in [7, 11) is 0. The molecule has 0 spiro atoms. The van der Waals surface area contributed by atoms with Crippen LogP contribution < -0.4 is 10.6 Å². The normalized spacial score (nSPS) is 21.1. The first-order valence-electron chi connectivity index (χ1n) is 15.2. The zero-order valence-electron chi connectivity index (χ0n) is 26.3. The Morgan fingerprint density at radius 1 is 1.14 bits per heavy atom. The van der Waals surface area contributed by atoms with Crippen LogP contribution in [0, 0.1) is 19.3 Å². The third-order valence-electron chi connectivity index (χ3n) is 8.31. The number of aryl methyl sites for hydroxylation is 3. The fraction of sp³-hybridized carbons (Fsp3) is 0.567. The third kappa shape index (κ3) is 6.56. The molecule has 11 nitrogen and oxygen atoms in total. The Balaban J connectivity index is 1.03. The van der Waals surface area contributed by atoms with Crippen molar-refractivity contribution in [2.45, 2.75) is 85.7 Å². The first kappa shape index (κ1) is 31.8. The van der Waals surface area contributed by atoms with Gasteiger partial charge in [-0.3, -0.25) is 14.3 Å². The number of ether oxygens (including phenoxy) is 2. The fourth-order valence-electron chi connectivity index (χ4n) is 6.01. The number of halogens is 2. The lowest BCUT2D eigenvalue weighted by atomic mass is 9.85. The predicted molar refractivity (Wildman–Crippen MR) is 162 cm³/mol. The summed E-state index contributed by atoms with van der Waals surface area (Å²) in [6, 6.07) is 1.80. The molecule has 238 valence electrons. The van der Waals surface area contributed by atoms with E-state index in [9.17, 15) is 9.59 Å². The van der Waals surface area contributed by atoms with Crippen molar-refractivity contribution in [3.8, 4) is 0 Å². The maximum atomic E-state index is 15.6. The molecule has 0 saturated carbocycles. The molecule has 14 heteroatoms. The number of rotatable bonds is 11. The fourth-order valence-corrected chi connectivity index (χ4v) is 6.01. The Kier molecular flexibility index (Phi) is 8.69. The lowest BCUT2D eigenvalue weighted by Crippen LogP contribution is -2.56. The summed E-state index contributed by atoms with van der Waals surface area (Å²) in [5.41, 5.74) is 3.31. The van der Waals surface area contributed by atoms with Crippen LogP contribution in [0.1, 0.15) is 69.6 Å². The molecule has 0 aromatic carbocycles. The lowest BCUT2D eigenvalue weighted by molar-refractivity contribution is -0.362. The summed E-state index contributed by atoms with van der Waals surface area (Å²) in [5, 5.41) is 14.0. The minimum Gasteiger partial charge on any atom is -0.394 e. The van der Waals surface area contributed by atoms with E-state index in [2.05, 4.69) is 20.9 Å². The molecule has 5 heterocycles. The second-order valence-electron chi connectivity index (χ2n) is 13.0. The van der Waals surface area contributed by atoms with Gasteiger partial charge in [-0.15, -0.1) is 5.10 Å². The number of carbonyl (C=O) groups excluding carboxylic acids is 2. The van der Waals surface area contributed by atoms with E-state index in [1.54, 1.807) is 43.7 Å². The zero-order chi connectivity index (χ0) is 31.9. The van der Waals surface area contributed by atoms with E-state index in [4.69, 9.17) is 9.47 Å².